The lowest BCUT2D eigenvalue weighted by Gasteiger charge is -2.30. The van der Waals surface area contributed by atoms with Crippen molar-refractivity contribution in [2.75, 3.05) is 11.9 Å². The average molecular weight is 291 g/mol. The molecule has 2 atom stereocenters. The SMILES string of the molecule is CCNC(=O)c1cc(NC2CCCCC2C(=O)O)ccn1. The Bertz CT molecular complexity index is 519. The zero-order valence-electron chi connectivity index (χ0n) is 12.1. The van der Waals surface area contributed by atoms with Crippen LogP contribution in [0.25, 0.3) is 0 Å². The summed E-state index contributed by atoms with van der Waals surface area (Å²) in [5.74, 6) is -1.36. The molecule has 1 amide bonds. The molecule has 1 saturated carbocycles. The number of anilines is 1. The number of rotatable bonds is 5. The van der Waals surface area contributed by atoms with E-state index in [4.69, 9.17) is 0 Å². The molecule has 6 heteroatoms. The summed E-state index contributed by atoms with van der Waals surface area (Å²) in [5, 5.41) is 15.2. The fourth-order valence-electron chi connectivity index (χ4n) is 2.71. The van der Waals surface area contributed by atoms with Gasteiger partial charge in [-0.05, 0) is 31.9 Å². The quantitative estimate of drug-likeness (QED) is 0.770. The van der Waals surface area contributed by atoms with Crippen LogP contribution in [0.15, 0.2) is 18.3 Å². The van der Waals surface area contributed by atoms with Gasteiger partial charge in [0, 0.05) is 24.5 Å². The molecule has 3 N–H and O–H groups in total. The highest BCUT2D eigenvalue weighted by Gasteiger charge is 2.30. The van der Waals surface area contributed by atoms with E-state index in [0.717, 1.165) is 24.9 Å². The number of carbonyl (C=O) groups is 2. The Labute approximate surface area is 124 Å². The van der Waals surface area contributed by atoms with E-state index in [1.54, 1.807) is 18.3 Å². The number of aromatic nitrogens is 1. The molecule has 0 spiro atoms. The van der Waals surface area contributed by atoms with Crippen molar-refractivity contribution in [1.82, 2.24) is 10.3 Å². The van der Waals surface area contributed by atoms with Gasteiger partial charge in [0.2, 0.25) is 0 Å². The number of nitrogens with zero attached hydrogens (tertiary/aromatic N) is 1. The first kappa shape index (κ1) is 15.3. The van der Waals surface area contributed by atoms with E-state index in [2.05, 4.69) is 15.6 Å². The molecular formula is C15H21N3O3. The number of hydrogen-bond donors (Lipinski definition) is 3. The van der Waals surface area contributed by atoms with Crippen LogP contribution in [0.3, 0.4) is 0 Å². The minimum Gasteiger partial charge on any atom is -0.481 e. The predicted octanol–water partition coefficient (Wildman–Crippen LogP) is 1.89. The van der Waals surface area contributed by atoms with Crippen LogP contribution < -0.4 is 10.6 Å². The highest BCUT2D eigenvalue weighted by atomic mass is 16.4. The summed E-state index contributed by atoms with van der Waals surface area (Å²) in [6.07, 6.45) is 5.06. The zero-order chi connectivity index (χ0) is 15.2. The maximum atomic E-state index is 11.8. The van der Waals surface area contributed by atoms with Gasteiger partial charge in [-0.1, -0.05) is 12.8 Å². The van der Waals surface area contributed by atoms with Gasteiger partial charge in [-0.2, -0.15) is 0 Å². The normalized spacial score (nSPS) is 21.6. The number of carboxylic acids is 1. The maximum absolute atomic E-state index is 11.8. The zero-order valence-corrected chi connectivity index (χ0v) is 12.1. The van der Waals surface area contributed by atoms with Gasteiger partial charge in [-0.25, -0.2) is 0 Å². The molecule has 114 valence electrons. The van der Waals surface area contributed by atoms with Crippen molar-refractivity contribution in [3.63, 3.8) is 0 Å². The second kappa shape index (κ2) is 7.06. The summed E-state index contributed by atoms with van der Waals surface area (Å²) in [7, 11) is 0. The number of carbonyl (C=O) groups excluding carboxylic acids is 1. The number of aliphatic carboxylic acids is 1. The Morgan fingerprint density at radius 2 is 2.14 bits per heavy atom. The van der Waals surface area contributed by atoms with Gasteiger partial charge in [0.15, 0.2) is 0 Å². The Morgan fingerprint density at radius 3 is 2.86 bits per heavy atom. The molecule has 1 aliphatic rings. The Kier molecular flexibility index (Phi) is 5.14. The molecule has 2 unspecified atom stereocenters. The lowest BCUT2D eigenvalue weighted by Crippen LogP contribution is -2.37. The molecule has 1 aliphatic carbocycles. The summed E-state index contributed by atoms with van der Waals surface area (Å²) >= 11 is 0. The number of pyridine rings is 1. The lowest BCUT2D eigenvalue weighted by molar-refractivity contribution is -0.143. The number of amides is 1. The fraction of sp³-hybridized carbons (Fsp3) is 0.533. The van der Waals surface area contributed by atoms with Crippen LogP contribution >= 0.6 is 0 Å². The summed E-state index contributed by atoms with van der Waals surface area (Å²) in [6, 6.07) is 3.33. The third kappa shape index (κ3) is 3.93. The van der Waals surface area contributed by atoms with Crippen molar-refractivity contribution in [2.24, 2.45) is 5.92 Å². The first-order chi connectivity index (χ1) is 10.1. The molecule has 0 radical (unpaired) electrons. The highest BCUT2D eigenvalue weighted by molar-refractivity contribution is 5.93. The van der Waals surface area contributed by atoms with Crippen LogP contribution in [-0.2, 0) is 4.79 Å². The molecule has 0 saturated heterocycles. The monoisotopic (exact) mass is 291 g/mol. The van der Waals surface area contributed by atoms with Crippen molar-refractivity contribution in [1.29, 1.82) is 0 Å². The second-order valence-electron chi connectivity index (χ2n) is 5.27. The summed E-state index contributed by atoms with van der Waals surface area (Å²) < 4.78 is 0. The highest BCUT2D eigenvalue weighted by Crippen LogP contribution is 2.27. The maximum Gasteiger partial charge on any atom is 0.308 e. The lowest BCUT2D eigenvalue weighted by atomic mass is 9.84. The van der Waals surface area contributed by atoms with E-state index in [0.29, 0.717) is 18.7 Å². The number of nitrogens with one attached hydrogen (secondary N) is 2. The third-order valence-corrected chi connectivity index (χ3v) is 3.77. The van der Waals surface area contributed by atoms with Crippen molar-refractivity contribution < 1.29 is 14.7 Å². The number of hydrogen-bond acceptors (Lipinski definition) is 4. The molecule has 2 rings (SSSR count). The Balaban J connectivity index is 2.09. The molecule has 1 heterocycles. The Morgan fingerprint density at radius 1 is 1.38 bits per heavy atom. The van der Waals surface area contributed by atoms with Crippen LogP contribution in [0.5, 0.6) is 0 Å². The molecule has 6 nitrogen and oxygen atoms in total. The minimum absolute atomic E-state index is 0.0965. The standard InChI is InChI=1S/C15H21N3O3/c1-2-16-14(19)13-9-10(7-8-17-13)18-12-6-4-3-5-11(12)15(20)21/h7-9,11-12H,2-6H2,1H3,(H,16,19)(H,17,18)(H,20,21). The van der Waals surface area contributed by atoms with E-state index < -0.39 is 5.97 Å². The molecule has 1 fully saturated rings. The van der Waals surface area contributed by atoms with Crippen LogP contribution in [0, 0.1) is 5.92 Å². The first-order valence-corrected chi connectivity index (χ1v) is 7.35. The molecule has 0 bridgehead atoms. The average Bonchev–Trinajstić information content (AvgIpc) is 2.48. The smallest absolute Gasteiger partial charge is 0.308 e. The van der Waals surface area contributed by atoms with Gasteiger partial charge < -0.3 is 15.7 Å². The fourth-order valence-corrected chi connectivity index (χ4v) is 2.71. The van der Waals surface area contributed by atoms with Crippen LogP contribution in [-0.4, -0.2) is 34.6 Å². The largest absolute Gasteiger partial charge is 0.481 e. The molecule has 1 aromatic heterocycles. The predicted molar refractivity (Wildman–Crippen MR) is 79.2 cm³/mol. The third-order valence-electron chi connectivity index (χ3n) is 3.77. The molecule has 0 aliphatic heterocycles. The van der Waals surface area contributed by atoms with Gasteiger partial charge in [0.25, 0.3) is 5.91 Å². The van der Waals surface area contributed by atoms with Crippen molar-refractivity contribution >= 4 is 17.6 Å². The van der Waals surface area contributed by atoms with Crippen LogP contribution in [0.4, 0.5) is 5.69 Å². The molecule has 0 aromatic carbocycles. The minimum atomic E-state index is -0.759. The second-order valence-corrected chi connectivity index (χ2v) is 5.27. The van der Waals surface area contributed by atoms with Gasteiger partial charge in [0.1, 0.15) is 5.69 Å². The molecule has 21 heavy (non-hydrogen) atoms. The van der Waals surface area contributed by atoms with E-state index in [-0.39, 0.29) is 17.9 Å². The van der Waals surface area contributed by atoms with Crippen LogP contribution in [0.1, 0.15) is 43.1 Å². The van der Waals surface area contributed by atoms with Crippen molar-refractivity contribution in [2.45, 2.75) is 38.6 Å². The summed E-state index contributed by atoms with van der Waals surface area (Å²) in [5.41, 5.74) is 1.08. The molecular weight excluding hydrogens is 270 g/mol. The van der Waals surface area contributed by atoms with Gasteiger partial charge in [0.05, 0.1) is 5.92 Å². The number of carboxylic acid groups (broad SMARTS) is 1. The van der Waals surface area contributed by atoms with E-state index in [9.17, 15) is 14.7 Å². The van der Waals surface area contributed by atoms with Crippen molar-refractivity contribution in [3.8, 4) is 0 Å². The Hall–Kier alpha value is -2.11. The van der Waals surface area contributed by atoms with Gasteiger partial charge in [-0.15, -0.1) is 0 Å². The summed E-state index contributed by atoms with van der Waals surface area (Å²) in [6.45, 7) is 2.39. The summed E-state index contributed by atoms with van der Waals surface area (Å²) in [4.78, 5) is 27.1. The van der Waals surface area contributed by atoms with E-state index in [1.165, 1.54) is 0 Å². The van der Waals surface area contributed by atoms with Gasteiger partial charge in [-0.3, -0.25) is 14.6 Å². The van der Waals surface area contributed by atoms with Gasteiger partial charge >= 0.3 is 5.97 Å². The topological polar surface area (TPSA) is 91.3 Å². The first-order valence-electron chi connectivity index (χ1n) is 7.35. The van der Waals surface area contributed by atoms with Crippen molar-refractivity contribution in [3.05, 3.63) is 24.0 Å². The molecule has 1 aromatic rings. The van der Waals surface area contributed by atoms with Crippen LogP contribution in [0.2, 0.25) is 0 Å². The van der Waals surface area contributed by atoms with E-state index in [1.807, 2.05) is 6.92 Å². The van der Waals surface area contributed by atoms with E-state index >= 15 is 0 Å².